The Morgan fingerprint density at radius 3 is 1.90 bits per heavy atom. The first-order valence-corrected chi connectivity index (χ1v) is 14.1. The fourth-order valence-corrected chi connectivity index (χ4v) is 3.89. The number of aldehydes is 2. The van der Waals surface area contributed by atoms with E-state index >= 15 is 0 Å². The second kappa shape index (κ2) is 17.1. The molecular weight excluding hydrogens is 749 g/mol. The summed E-state index contributed by atoms with van der Waals surface area (Å²) in [5.41, 5.74) is 3.79. The van der Waals surface area contributed by atoms with E-state index in [2.05, 4.69) is 37.8 Å². The number of nitriles is 1. The van der Waals surface area contributed by atoms with E-state index in [4.69, 9.17) is 21.2 Å². The molecular formula is C32H22Br2INO4. The van der Waals surface area contributed by atoms with Crippen molar-refractivity contribution in [3.05, 3.63) is 120 Å². The van der Waals surface area contributed by atoms with Crippen LogP contribution in [0.2, 0.25) is 0 Å². The summed E-state index contributed by atoms with van der Waals surface area (Å²) in [6.07, 6.45) is 6.66. The van der Waals surface area contributed by atoms with Crippen LogP contribution in [0, 0.1) is 27.2 Å². The van der Waals surface area contributed by atoms with Gasteiger partial charge in [-0.25, -0.2) is 0 Å². The Balaban J connectivity index is 0.000000217. The predicted octanol–water partition coefficient (Wildman–Crippen LogP) is 9.44. The van der Waals surface area contributed by atoms with Crippen molar-refractivity contribution in [2.75, 3.05) is 0 Å². The maximum atomic E-state index is 10.7. The Hall–Kier alpha value is -3.70. The lowest BCUT2D eigenvalue weighted by Crippen LogP contribution is -1.79. The van der Waals surface area contributed by atoms with Crippen molar-refractivity contribution in [1.82, 2.24) is 0 Å². The van der Waals surface area contributed by atoms with E-state index in [0.29, 0.717) is 17.4 Å². The molecule has 5 rings (SSSR count). The lowest BCUT2D eigenvalue weighted by atomic mass is 10.1. The highest BCUT2D eigenvalue weighted by molar-refractivity contribution is 14.1. The number of carbonyl (C=O) groups excluding carboxylic acids is 2. The molecule has 0 unspecified atom stereocenters. The van der Waals surface area contributed by atoms with Crippen LogP contribution in [0.1, 0.15) is 33.2 Å². The number of aromatic hydroxyl groups is 1. The number of phenols is 1. The summed E-state index contributed by atoms with van der Waals surface area (Å²) in [4.78, 5) is 20.9. The third-order valence-electron chi connectivity index (χ3n) is 4.93. The summed E-state index contributed by atoms with van der Waals surface area (Å²) in [5, 5.41) is 17.4. The topological polar surface area (TPSA) is 91.3 Å². The van der Waals surface area contributed by atoms with E-state index in [1.807, 2.05) is 83.3 Å². The second-order valence-corrected chi connectivity index (χ2v) is 10.7. The van der Waals surface area contributed by atoms with E-state index in [9.17, 15) is 9.59 Å². The van der Waals surface area contributed by atoms with Crippen molar-refractivity contribution in [1.29, 1.82) is 5.26 Å². The number of fused-ring (bicyclic) bond motifs is 1. The molecule has 0 atom stereocenters. The average Bonchev–Trinajstić information content (AvgIpc) is 3.40. The van der Waals surface area contributed by atoms with Gasteiger partial charge in [0.2, 0.25) is 0 Å². The molecule has 0 aliphatic heterocycles. The number of terminal acetylenes is 1. The van der Waals surface area contributed by atoms with Crippen molar-refractivity contribution in [2.24, 2.45) is 0 Å². The van der Waals surface area contributed by atoms with Crippen molar-refractivity contribution in [2.45, 2.75) is 6.92 Å². The highest BCUT2D eigenvalue weighted by Crippen LogP contribution is 2.29. The molecule has 0 saturated heterocycles. The van der Waals surface area contributed by atoms with Gasteiger partial charge in [-0.2, -0.15) is 5.26 Å². The Morgan fingerprint density at radius 2 is 1.38 bits per heavy atom. The summed E-state index contributed by atoms with van der Waals surface area (Å²) < 4.78 is 8.61. The zero-order valence-corrected chi connectivity index (χ0v) is 26.5. The van der Waals surface area contributed by atoms with Crippen LogP contribution in [-0.4, -0.2) is 17.7 Å². The number of carbonyl (C=O) groups is 2. The van der Waals surface area contributed by atoms with Gasteiger partial charge in [-0.3, -0.25) is 9.59 Å². The van der Waals surface area contributed by atoms with Gasteiger partial charge in [0.05, 0.1) is 9.64 Å². The number of halogens is 3. The van der Waals surface area contributed by atoms with Crippen LogP contribution in [0.4, 0.5) is 0 Å². The number of phenolic OH excluding ortho intramolecular Hbond substituents is 1. The first-order valence-electron chi connectivity index (χ1n) is 11.5. The van der Waals surface area contributed by atoms with Crippen LogP contribution >= 0.6 is 54.5 Å². The van der Waals surface area contributed by atoms with E-state index < -0.39 is 0 Å². The third kappa shape index (κ3) is 10.5. The minimum absolute atomic E-state index is 0.158. The Bertz CT molecular complexity index is 1650. The maximum absolute atomic E-state index is 10.7. The molecule has 0 aliphatic carbocycles. The fourth-order valence-electron chi connectivity index (χ4n) is 3.03. The largest absolute Gasteiger partial charge is 0.507 e. The molecule has 4 aromatic carbocycles. The SMILES string of the molecule is C#Cc1ccc(Br)cc1.CC#N.O=Cc1ccc(I)c(O)c1.O=Cc1ccc2cc(-c3ccc(Br)cc3)oc2c1. The van der Waals surface area contributed by atoms with E-state index in [-0.39, 0.29) is 5.75 Å². The number of nitrogens with zero attached hydrogens (tertiary/aromatic N) is 1. The van der Waals surface area contributed by atoms with Crippen LogP contribution in [0.5, 0.6) is 5.75 Å². The van der Waals surface area contributed by atoms with Gasteiger partial charge >= 0.3 is 0 Å². The second-order valence-electron chi connectivity index (χ2n) is 7.74. The summed E-state index contributed by atoms with van der Waals surface area (Å²) in [6, 6.07) is 29.5. The molecule has 0 bridgehead atoms. The van der Waals surface area contributed by atoms with Gasteiger partial charge in [0, 0.05) is 43.5 Å². The predicted molar refractivity (Wildman–Crippen MR) is 174 cm³/mol. The normalized spacial score (nSPS) is 9.25. The minimum Gasteiger partial charge on any atom is -0.507 e. The van der Waals surface area contributed by atoms with Crippen molar-refractivity contribution in [3.63, 3.8) is 0 Å². The van der Waals surface area contributed by atoms with Gasteiger partial charge < -0.3 is 9.52 Å². The zero-order valence-electron chi connectivity index (χ0n) is 21.1. The highest BCUT2D eigenvalue weighted by atomic mass is 127. The maximum Gasteiger partial charge on any atom is 0.150 e. The standard InChI is InChI=1S/C15H9BrO2.C8H5Br.C7H5IO2.C2H3N/c16-13-5-3-11(4-6-13)15-8-12-2-1-10(9-17)7-14(12)18-15;1-2-7-3-5-8(9)6-4-7;8-6-2-1-5(4-9)3-7(6)10;1-2-3/h1-9H;1,3-6H;1-4,10H;1H3. The lowest BCUT2D eigenvalue weighted by molar-refractivity contribution is 0.111. The first kappa shape index (κ1) is 32.5. The molecule has 40 heavy (non-hydrogen) atoms. The van der Waals surface area contributed by atoms with Gasteiger partial charge in [0.1, 0.15) is 29.7 Å². The summed E-state index contributed by atoms with van der Waals surface area (Å²) in [6.45, 7) is 1.43. The molecule has 8 heteroatoms. The Kier molecular flexibility index (Phi) is 13.9. The Morgan fingerprint density at radius 1 is 0.850 bits per heavy atom. The molecule has 0 spiro atoms. The monoisotopic (exact) mass is 769 g/mol. The van der Waals surface area contributed by atoms with Gasteiger partial charge in [-0.15, -0.1) is 6.42 Å². The number of hydrogen-bond donors (Lipinski definition) is 1. The van der Waals surface area contributed by atoms with E-state index in [0.717, 1.165) is 46.7 Å². The van der Waals surface area contributed by atoms with Crippen molar-refractivity contribution in [3.8, 4) is 35.5 Å². The lowest BCUT2D eigenvalue weighted by Gasteiger charge is -1.95. The van der Waals surface area contributed by atoms with Crippen LogP contribution in [-0.2, 0) is 0 Å². The van der Waals surface area contributed by atoms with Crippen LogP contribution in [0.3, 0.4) is 0 Å². The first-order chi connectivity index (χ1) is 19.2. The average molecular weight is 771 g/mol. The molecule has 1 heterocycles. The molecule has 1 N–H and O–H groups in total. The van der Waals surface area contributed by atoms with Crippen LogP contribution in [0.25, 0.3) is 22.3 Å². The quantitative estimate of drug-likeness (QED) is 0.112. The molecule has 1 aromatic heterocycles. The molecule has 5 nitrogen and oxygen atoms in total. The molecule has 0 aliphatic rings. The van der Waals surface area contributed by atoms with Gasteiger partial charge in [0.15, 0.2) is 0 Å². The van der Waals surface area contributed by atoms with E-state index in [1.54, 1.807) is 30.3 Å². The van der Waals surface area contributed by atoms with Gasteiger partial charge in [0.25, 0.3) is 0 Å². The van der Waals surface area contributed by atoms with Gasteiger partial charge in [-0.05, 0) is 83.3 Å². The smallest absolute Gasteiger partial charge is 0.150 e. The van der Waals surface area contributed by atoms with Crippen molar-refractivity contribution >= 4 is 78.0 Å². The number of rotatable bonds is 3. The zero-order chi connectivity index (χ0) is 29.5. The van der Waals surface area contributed by atoms with Crippen LogP contribution < -0.4 is 0 Å². The number of furan rings is 1. The van der Waals surface area contributed by atoms with E-state index in [1.165, 1.54) is 13.0 Å². The molecule has 200 valence electrons. The number of hydrogen-bond acceptors (Lipinski definition) is 5. The minimum atomic E-state index is 0.158. The molecule has 0 radical (unpaired) electrons. The third-order valence-corrected chi connectivity index (χ3v) is 6.90. The highest BCUT2D eigenvalue weighted by Gasteiger charge is 2.06. The fraction of sp³-hybridized carbons (Fsp3) is 0.0312. The summed E-state index contributed by atoms with van der Waals surface area (Å²) in [5.74, 6) is 3.50. The summed E-state index contributed by atoms with van der Waals surface area (Å²) in [7, 11) is 0. The Labute approximate surface area is 263 Å². The molecule has 0 fully saturated rings. The molecule has 0 amide bonds. The van der Waals surface area contributed by atoms with Gasteiger partial charge in [-0.1, -0.05) is 68.1 Å². The van der Waals surface area contributed by atoms with Crippen molar-refractivity contribution < 1.29 is 19.1 Å². The summed E-state index contributed by atoms with van der Waals surface area (Å²) >= 11 is 8.70. The molecule has 0 saturated carbocycles. The molecule has 5 aromatic rings. The number of benzene rings is 4. The van der Waals surface area contributed by atoms with Crippen LogP contribution in [0.15, 0.2) is 104 Å².